The Bertz CT molecular complexity index is 394. The average molecular weight is 268 g/mol. The van der Waals surface area contributed by atoms with E-state index in [2.05, 4.69) is 15.0 Å². The highest BCUT2D eigenvalue weighted by Gasteiger charge is 2.20. The highest BCUT2D eigenvalue weighted by molar-refractivity contribution is 4.94. The molecule has 1 unspecified atom stereocenters. The molecule has 0 aliphatic carbocycles. The SMILES string of the molecule is CC(C)(C)OCc1nc(C(N)CN2CCCC2)no1. The summed E-state index contributed by atoms with van der Waals surface area (Å²) in [6.07, 6.45) is 2.51. The number of likely N-dealkylation sites (tertiary alicyclic amines) is 1. The van der Waals surface area contributed by atoms with Crippen LogP contribution < -0.4 is 5.73 Å². The Kier molecular flexibility index (Phi) is 4.54. The van der Waals surface area contributed by atoms with Crippen LogP contribution in [0.2, 0.25) is 0 Å². The first-order chi connectivity index (χ1) is 8.94. The summed E-state index contributed by atoms with van der Waals surface area (Å²) < 4.78 is 10.8. The number of nitrogens with two attached hydrogens (primary N) is 1. The second-order valence-electron chi connectivity index (χ2n) is 6.06. The second kappa shape index (κ2) is 5.98. The first-order valence-electron chi connectivity index (χ1n) is 6.88. The van der Waals surface area contributed by atoms with Crippen LogP contribution in [-0.4, -0.2) is 40.3 Å². The first kappa shape index (κ1) is 14.4. The lowest BCUT2D eigenvalue weighted by Crippen LogP contribution is -2.30. The standard InChI is InChI=1S/C13H24N4O2/c1-13(2,3)18-9-11-15-12(16-19-11)10(14)8-17-6-4-5-7-17/h10H,4-9,14H2,1-3H3. The molecule has 0 radical (unpaired) electrons. The average Bonchev–Trinajstić information content (AvgIpc) is 2.95. The second-order valence-corrected chi connectivity index (χ2v) is 6.06. The van der Waals surface area contributed by atoms with Crippen LogP contribution >= 0.6 is 0 Å². The Balaban J connectivity index is 1.85. The molecule has 0 bridgehead atoms. The third-order valence-corrected chi connectivity index (χ3v) is 3.10. The molecular weight excluding hydrogens is 244 g/mol. The van der Waals surface area contributed by atoms with Crippen molar-refractivity contribution < 1.29 is 9.26 Å². The summed E-state index contributed by atoms with van der Waals surface area (Å²) in [6, 6.07) is -0.190. The Hall–Kier alpha value is -0.980. The Morgan fingerprint density at radius 2 is 2.05 bits per heavy atom. The molecule has 0 amide bonds. The van der Waals surface area contributed by atoms with Gasteiger partial charge in [0.15, 0.2) is 5.82 Å². The van der Waals surface area contributed by atoms with Gasteiger partial charge in [-0.15, -0.1) is 0 Å². The number of nitrogens with zero attached hydrogens (tertiary/aromatic N) is 3. The van der Waals surface area contributed by atoms with Gasteiger partial charge in [-0.3, -0.25) is 0 Å². The topological polar surface area (TPSA) is 77.4 Å². The number of rotatable bonds is 5. The smallest absolute Gasteiger partial charge is 0.252 e. The first-order valence-corrected chi connectivity index (χ1v) is 6.88. The maximum absolute atomic E-state index is 6.10. The third kappa shape index (κ3) is 4.56. The van der Waals surface area contributed by atoms with Gasteiger partial charge >= 0.3 is 0 Å². The van der Waals surface area contributed by atoms with Crippen molar-refractivity contribution in [3.05, 3.63) is 11.7 Å². The van der Waals surface area contributed by atoms with Gasteiger partial charge in [-0.25, -0.2) is 0 Å². The fourth-order valence-corrected chi connectivity index (χ4v) is 2.08. The van der Waals surface area contributed by atoms with E-state index in [-0.39, 0.29) is 11.6 Å². The molecule has 0 saturated carbocycles. The summed E-state index contributed by atoms with van der Waals surface area (Å²) in [5.74, 6) is 1.06. The minimum atomic E-state index is -0.216. The fraction of sp³-hybridized carbons (Fsp3) is 0.846. The minimum Gasteiger partial charge on any atom is -0.366 e. The summed E-state index contributed by atoms with van der Waals surface area (Å²) in [5, 5.41) is 3.94. The van der Waals surface area contributed by atoms with E-state index in [1.165, 1.54) is 12.8 Å². The molecule has 1 fully saturated rings. The molecule has 6 heteroatoms. The van der Waals surface area contributed by atoms with E-state index in [1.807, 2.05) is 20.8 Å². The normalized spacial score (nSPS) is 18.9. The predicted molar refractivity (Wildman–Crippen MR) is 71.4 cm³/mol. The van der Waals surface area contributed by atoms with E-state index in [9.17, 15) is 0 Å². The zero-order valence-corrected chi connectivity index (χ0v) is 12.1. The summed E-state index contributed by atoms with van der Waals surface area (Å²) >= 11 is 0. The van der Waals surface area contributed by atoms with Gasteiger partial charge in [-0.2, -0.15) is 4.98 Å². The highest BCUT2D eigenvalue weighted by atomic mass is 16.5. The van der Waals surface area contributed by atoms with E-state index >= 15 is 0 Å². The zero-order chi connectivity index (χ0) is 13.9. The summed E-state index contributed by atoms with van der Waals surface area (Å²) in [7, 11) is 0. The molecule has 1 aliphatic rings. The Morgan fingerprint density at radius 3 is 2.68 bits per heavy atom. The summed E-state index contributed by atoms with van der Waals surface area (Å²) in [4.78, 5) is 6.64. The number of aromatic nitrogens is 2. The van der Waals surface area contributed by atoms with Gasteiger partial charge in [0.05, 0.1) is 11.6 Å². The van der Waals surface area contributed by atoms with Gasteiger partial charge in [0, 0.05) is 6.54 Å². The molecule has 0 spiro atoms. The number of hydrogen-bond acceptors (Lipinski definition) is 6. The van der Waals surface area contributed by atoms with Crippen molar-refractivity contribution in [3.63, 3.8) is 0 Å². The van der Waals surface area contributed by atoms with Crippen LogP contribution in [0.1, 0.15) is 51.4 Å². The maximum Gasteiger partial charge on any atom is 0.252 e. The number of ether oxygens (including phenoxy) is 1. The molecule has 1 aromatic rings. The summed E-state index contributed by atoms with van der Waals surface area (Å²) in [5.41, 5.74) is 5.89. The van der Waals surface area contributed by atoms with Crippen LogP contribution in [0.25, 0.3) is 0 Å². The summed E-state index contributed by atoms with van der Waals surface area (Å²) in [6.45, 7) is 9.32. The third-order valence-electron chi connectivity index (χ3n) is 3.10. The lowest BCUT2D eigenvalue weighted by Gasteiger charge is -2.18. The fourth-order valence-electron chi connectivity index (χ4n) is 2.08. The maximum atomic E-state index is 6.10. The molecule has 1 aliphatic heterocycles. The monoisotopic (exact) mass is 268 g/mol. The van der Waals surface area contributed by atoms with E-state index in [1.54, 1.807) is 0 Å². The molecule has 2 rings (SSSR count). The van der Waals surface area contributed by atoms with Crippen molar-refractivity contribution in [1.29, 1.82) is 0 Å². The van der Waals surface area contributed by atoms with Gasteiger partial charge in [-0.1, -0.05) is 5.16 Å². The van der Waals surface area contributed by atoms with E-state index in [0.717, 1.165) is 19.6 Å². The largest absolute Gasteiger partial charge is 0.366 e. The van der Waals surface area contributed by atoms with Crippen molar-refractivity contribution in [2.24, 2.45) is 5.73 Å². The molecule has 1 aromatic heterocycles. The van der Waals surface area contributed by atoms with Crippen molar-refractivity contribution in [1.82, 2.24) is 15.0 Å². The van der Waals surface area contributed by atoms with Crippen molar-refractivity contribution in [3.8, 4) is 0 Å². The van der Waals surface area contributed by atoms with E-state index in [0.29, 0.717) is 18.3 Å². The van der Waals surface area contributed by atoms with Gasteiger partial charge in [-0.05, 0) is 46.7 Å². The Morgan fingerprint density at radius 1 is 1.37 bits per heavy atom. The van der Waals surface area contributed by atoms with Crippen LogP contribution in [0.5, 0.6) is 0 Å². The zero-order valence-electron chi connectivity index (χ0n) is 12.1. The lowest BCUT2D eigenvalue weighted by atomic mass is 10.2. The van der Waals surface area contributed by atoms with E-state index < -0.39 is 0 Å². The van der Waals surface area contributed by atoms with Gasteiger partial charge < -0.3 is 19.9 Å². The predicted octanol–water partition coefficient (Wildman–Crippen LogP) is 1.48. The number of hydrogen-bond donors (Lipinski definition) is 1. The molecule has 1 atom stereocenters. The molecular formula is C13H24N4O2. The van der Waals surface area contributed by atoms with Crippen molar-refractivity contribution in [2.45, 2.75) is 51.9 Å². The minimum absolute atomic E-state index is 0.190. The van der Waals surface area contributed by atoms with Crippen molar-refractivity contribution >= 4 is 0 Å². The quantitative estimate of drug-likeness (QED) is 0.871. The van der Waals surface area contributed by atoms with E-state index in [4.69, 9.17) is 15.0 Å². The van der Waals surface area contributed by atoms with Crippen LogP contribution in [0.15, 0.2) is 4.52 Å². The molecule has 108 valence electrons. The molecule has 0 aromatic carbocycles. The van der Waals surface area contributed by atoms with Gasteiger partial charge in [0.2, 0.25) is 0 Å². The lowest BCUT2D eigenvalue weighted by molar-refractivity contribution is -0.0260. The van der Waals surface area contributed by atoms with Crippen molar-refractivity contribution in [2.75, 3.05) is 19.6 Å². The van der Waals surface area contributed by atoms with Gasteiger partial charge in [0.25, 0.3) is 5.89 Å². The van der Waals surface area contributed by atoms with Gasteiger partial charge in [0.1, 0.15) is 6.61 Å². The molecule has 2 heterocycles. The molecule has 1 saturated heterocycles. The van der Waals surface area contributed by atoms with Crippen LogP contribution in [0.4, 0.5) is 0 Å². The molecule has 6 nitrogen and oxygen atoms in total. The van der Waals surface area contributed by atoms with Crippen LogP contribution in [-0.2, 0) is 11.3 Å². The Labute approximate surface area is 114 Å². The van der Waals surface area contributed by atoms with Crippen LogP contribution in [0, 0.1) is 0 Å². The molecule has 2 N–H and O–H groups in total. The molecule has 19 heavy (non-hydrogen) atoms. The van der Waals surface area contributed by atoms with Crippen LogP contribution in [0.3, 0.4) is 0 Å². The highest BCUT2D eigenvalue weighted by Crippen LogP contribution is 2.15.